The Kier molecular flexibility index (Phi) is 3.00. The molecule has 0 fully saturated rings. The zero-order valence-electron chi connectivity index (χ0n) is 9.88. The summed E-state index contributed by atoms with van der Waals surface area (Å²) < 4.78 is 1.67. The third kappa shape index (κ3) is 2.23. The van der Waals surface area contributed by atoms with Crippen LogP contribution in [-0.4, -0.2) is 11.6 Å². The second-order valence-electron chi connectivity index (χ2n) is 4.14. The van der Waals surface area contributed by atoms with Crippen molar-refractivity contribution >= 4 is 22.3 Å². The first-order chi connectivity index (χ1) is 8.09. The molecular formula is C14H14NO2+. The molecule has 0 radical (unpaired) electrons. The molecule has 0 spiro atoms. The van der Waals surface area contributed by atoms with Crippen molar-refractivity contribution in [2.45, 2.75) is 19.9 Å². The van der Waals surface area contributed by atoms with Crippen LogP contribution in [0.2, 0.25) is 0 Å². The van der Waals surface area contributed by atoms with Crippen LogP contribution in [0, 0.1) is 0 Å². The minimum atomic E-state index is -0.709. The number of pyridine rings is 1. The number of fused-ring (bicyclic) bond motifs is 1. The molecule has 0 aliphatic rings. The van der Waals surface area contributed by atoms with Gasteiger partial charge in [-0.2, -0.15) is 4.57 Å². The van der Waals surface area contributed by atoms with Crippen molar-refractivity contribution in [2.24, 2.45) is 0 Å². The van der Waals surface area contributed by atoms with Gasteiger partial charge in [0.05, 0.1) is 0 Å². The van der Waals surface area contributed by atoms with E-state index >= 15 is 0 Å². The summed E-state index contributed by atoms with van der Waals surface area (Å²) in [5.74, 6) is -0.282. The van der Waals surface area contributed by atoms with Crippen molar-refractivity contribution in [3.8, 4) is 0 Å². The fourth-order valence-electron chi connectivity index (χ4n) is 2.02. The first kappa shape index (κ1) is 11.5. The van der Waals surface area contributed by atoms with Crippen LogP contribution in [0.4, 0.5) is 0 Å². The molecular weight excluding hydrogens is 214 g/mol. The molecule has 0 bridgehead atoms. The van der Waals surface area contributed by atoms with Gasteiger partial charge in [0, 0.05) is 25.3 Å². The second kappa shape index (κ2) is 4.45. The van der Waals surface area contributed by atoms with Crippen LogP contribution in [0.15, 0.2) is 42.7 Å². The molecule has 0 saturated heterocycles. The standard InChI is InChI=1S/C14H14NO2/c1-10(16)14(11(2)17)15-8-7-12-5-3-4-6-13(12)9-15/h3-9,14H,1-2H3/q+1. The first-order valence-corrected chi connectivity index (χ1v) is 5.50. The number of ketones is 2. The van der Waals surface area contributed by atoms with Gasteiger partial charge in [0.15, 0.2) is 12.4 Å². The minimum Gasteiger partial charge on any atom is -0.292 e. The van der Waals surface area contributed by atoms with E-state index < -0.39 is 6.04 Å². The number of nitrogens with zero attached hydrogens (tertiary/aromatic N) is 1. The Bertz CT molecular complexity index is 576. The second-order valence-corrected chi connectivity index (χ2v) is 4.14. The Morgan fingerprint density at radius 2 is 1.59 bits per heavy atom. The molecule has 0 unspecified atom stereocenters. The number of aromatic nitrogens is 1. The monoisotopic (exact) mass is 228 g/mol. The summed E-state index contributed by atoms with van der Waals surface area (Å²) in [6.07, 6.45) is 3.61. The van der Waals surface area contributed by atoms with Crippen molar-refractivity contribution in [1.82, 2.24) is 0 Å². The lowest BCUT2D eigenvalue weighted by Gasteiger charge is -2.06. The zero-order valence-corrected chi connectivity index (χ0v) is 9.88. The third-order valence-electron chi connectivity index (χ3n) is 2.78. The summed E-state index contributed by atoms with van der Waals surface area (Å²) in [6, 6.07) is 9.05. The number of carbonyl (C=O) groups excluding carboxylic acids is 2. The summed E-state index contributed by atoms with van der Waals surface area (Å²) in [5.41, 5.74) is 0. The number of carbonyl (C=O) groups is 2. The molecule has 0 amide bonds. The van der Waals surface area contributed by atoms with Crippen molar-refractivity contribution in [1.29, 1.82) is 0 Å². The van der Waals surface area contributed by atoms with E-state index in [0.717, 1.165) is 10.8 Å². The molecule has 1 aromatic heterocycles. The number of hydrogen-bond donors (Lipinski definition) is 0. The Hall–Kier alpha value is -2.03. The third-order valence-corrected chi connectivity index (χ3v) is 2.78. The lowest BCUT2D eigenvalue weighted by Crippen LogP contribution is -2.46. The van der Waals surface area contributed by atoms with E-state index in [0.29, 0.717) is 0 Å². The van der Waals surface area contributed by atoms with E-state index in [1.165, 1.54) is 13.8 Å². The van der Waals surface area contributed by atoms with E-state index in [1.807, 2.05) is 36.5 Å². The van der Waals surface area contributed by atoms with E-state index in [2.05, 4.69) is 0 Å². The summed E-state index contributed by atoms with van der Waals surface area (Å²) in [6.45, 7) is 2.88. The quantitative estimate of drug-likeness (QED) is 0.594. The fraction of sp³-hybridized carbons (Fsp3) is 0.214. The van der Waals surface area contributed by atoms with Crippen molar-refractivity contribution in [3.05, 3.63) is 42.7 Å². The molecule has 0 saturated carbocycles. The Labute approximate surface area is 99.7 Å². The summed E-state index contributed by atoms with van der Waals surface area (Å²) >= 11 is 0. The maximum Gasteiger partial charge on any atom is 0.273 e. The molecule has 17 heavy (non-hydrogen) atoms. The molecule has 0 atom stereocenters. The van der Waals surface area contributed by atoms with Gasteiger partial charge >= 0.3 is 0 Å². The highest BCUT2D eigenvalue weighted by molar-refractivity contribution is 6.00. The highest BCUT2D eigenvalue weighted by atomic mass is 16.2. The molecule has 0 N–H and O–H groups in total. The first-order valence-electron chi connectivity index (χ1n) is 5.50. The van der Waals surface area contributed by atoms with Gasteiger partial charge in [-0.05, 0) is 11.5 Å². The molecule has 1 heterocycles. The lowest BCUT2D eigenvalue weighted by atomic mass is 10.1. The maximum atomic E-state index is 11.5. The molecule has 86 valence electrons. The van der Waals surface area contributed by atoms with E-state index in [1.54, 1.807) is 10.8 Å². The molecule has 2 rings (SSSR count). The minimum absolute atomic E-state index is 0.141. The van der Waals surface area contributed by atoms with E-state index in [4.69, 9.17) is 0 Å². The van der Waals surface area contributed by atoms with Crippen LogP contribution in [-0.2, 0) is 9.59 Å². The Morgan fingerprint density at radius 3 is 2.18 bits per heavy atom. The number of hydrogen-bond acceptors (Lipinski definition) is 2. The normalized spacial score (nSPS) is 10.8. The number of benzene rings is 1. The Morgan fingerprint density at radius 1 is 1.00 bits per heavy atom. The van der Waals surface area contributed by atoms with Crippen LogP contribution in [0.25, 0.3) is 10.8 Å². The number of Topliss-reactive ketones (excluding diaryl/α,β-unsaturated/α-hetero) is 2. The van der Waals surface area contributed by atoms with Crippen LogP contribution in [0.3, 0.4) is 0 Å². The smallest absolute Gasteiger partial charge is 0.273 e. The average molecular weight is 228 g/mol. The highest BCUT2D eigenvalue weighted by Crippen LogP contribution is 2.11. The van der Waals surface area contributed by atoms with Crippen LogP contribution < -0.4 is 4.57 Å². The van der Waals surface area contributed by atoms with Crippen LogP contribution >= 0.6 is 0 Å². The van der Waals surface area contributed by atoms with Gasteiger partial charge in [-0.15, -0.1) is 0 Å². The van der Waals surface area contributed by atoms with Gasteiger partial charge in [0.25, 0.3) is 6.04 Å². The maximum absolute atomic E-state index is 11.5. The number of rotatable bonds is 3. The molecule has 0 aliphatic carbocycles. The largest absolute Gasteiger partial charge is 0.292 e. The fourth-order valence-corrected chi connectivity index (χ4v) is 2.02. The van der Waals surface area contributed by atoms with Gasteiger partial charge in [-0.1, -0.05) is 18.2 Å². The summed E-state index contributed by atoms with van der Waals surface area (Å²) in [4.78, 5) is 23.0. The summed E-state index contributed by atoms with van der Waals surface area (Å²) in [7, 11) is 0. The van der Waals surface area contributed by atoms with Crippen molar-refractivity contribution < 1.29 is 14.2 Å². The molecule has 0 aliphatic heterocycles. The van der Waals surface area contributed by atoms with Crippen molar-refractivity contribution in [3.63, 3.8) is 0 Å². The molecule has 1 aromatic carbocycles. The van der Waals surface area contributed by atoms with E-state index in [-0.39, 0.29) is 11.6 Å². The summed E-state index contributed by atoms with van der Waals surface area (Å²) in [5, 5.41) is 2.11. The lowest BCUT2D eigenvalue weighted by molar-refractivity contribution is -0.694. The van der Waals surface area contributed by atoms with Crippen LogP contribution in [0.1, 0.15) is 19.9 Å². The van der Waals surface area contributed by atoms with E-state index in [9.17, 15) is 9.59 Å². The van der Waals surface area contributed by atoms with Gasteiger partial charge in [-0.25, -0.2) is 0 Å². The Balaban J connectivity index is 2.55. The SMILES string of the molecule is CC(=O)C(C(C)=O)[n+]1ccc2ccccc2c1. The molecule has 3 heteroatoms. The van der Waals surface area contributed by atoms with Gasteiger partial charge in [-0.3, -0.25) is 9.59 Å². The van der Waals surface area contributed by atoms with Crippen molar-refractivity contribution in [2.75, 3.05) is 0 Å². The predicted octanol–water partition coefficient (Wildman–Crippen LogP) is 1.85. The topological polar surface area (TPSA) is 38.0 Å². The zero-order chi connectivity index (χ0) is 12.4. The average Bonchev–Trinajstić information content (AvgIpc) is 2.28. The predicted molar refractivity (Wildman–Crippen MR) is 64.5 cm³/mol. The van der Waals surface area contributed by atoms with Crippen LogP contribution in [0.5, 0.6) is 0 Å². The van der Waals surface area contributed by atoms with Gasteiger partial charge < -0.3 is 0 Å². The highest BCUT2D eigenvalue weighted by Gasteiger charge is 2.28. The molecule has 3 nitrogen and oxygen atoms in total. The molecule has 2 aromatic rings. The van der Waals surface area contributed by atoms with Gasteiger partial charge in [0.1, 0.15) is 0 Å². The van der Waals surface area contributed by atoms with Gasteiger partial charge in [0.2, 0.25) is 11.6 Å².